The topological polar surface area (TPSA) is 167 Å². The zero-order chi connectivity index (χ0) is 27.7. The number of ketones is 2. The molecule has 0 saturated heterocycles. The summed E-state index contributed by atoms with van der Waals surface area (Å²) >= 11 is 0. The number of Topliss-reactive ketones (excluding diaryl/α,β-unsaturated/α-hetero) is 2. The number of amides is 1. The fourth-order valence-corrected chi connectivity index (χ4v) is 6.16. The Hall–Kier alpha value is -4.11. The van der Waals surface area contributed by atoms with E-state index in [2.05, 4.69) is 25.9 Å². The van der Waals surface area contributed by atoms with Gasteiger partial charge in [0.25, 0.3) is 5.91 Å². The molecular weight excluding hydrogens is 488 g/mol. The quantitative estimate of drug-likeness (QED) is 0.356. The maximum absolute atomic E-state index is 13.8. The van der Waals surface area contributed by atoms with Crippen LogP contribution in [0.25, 0.3) is 11.1 Å². The van der Waals surface area contributed by atoms with Crippen LogP contribution in [0.15, 0.2) is 64.2 Å². The first-order chi connectivity index (χ1) is 17.8. The molecule has 5 rings (SSSR count). The molecule has 0 fully saturated rings. The van der Waals surface area contributed by atoms with Gasteiger partial charge in [-0.05, 0) is 57.7 Å². The van der Waals surface area contributed by atoms with Crippen LogP contribution in [0.2, 0.25) is 0 Å². The number of hydrogen-bond acceptors (Lipinski definition) is 8. The van der Waals surface area contributed by atoms with Gasteiger partial charge >= 0.3 is 0 Å². The predicted octanol–water partition coefficient (Wildman–Crippen LogP) is 3.75. The van der Waals surface area contributed by atoms with E-state index in [1.54, 1.807) is 6.07 Å². The third-order valence-corrected chi connectivity index (χ3v) is 8.11. The molecule has 0 radical (unpaired) electrons. The number of phenolic OH excluding ortho intramolecular Hbond substituents is 1. The Morgan fingerprint density at radius 1 is 1.05 bits per heavy atom. The van der Waals surface area contributed by atoms with Gasteiger partial charge in [0.15, 0.2) is 17.2 Å². The summed E-state index contributed by atoms with van der Waals surface area (Å²) in [7, 11) is 0. The molecule has 9 heteroatoms. The van der Waals surface area contributed by atoms with E-state index in [-0.39, 0.29) is 41.6 Å². The minimum atomic E-state index is -2.52. The summed E-state index contributed by atoms with van der Waals surface area (Å²) < 4.78 is 0. The summed E-state index contributed by atoms with van der Waals surface area (Å²) in [6.07, 6.45) is -0.0616. The van der Waals surface area contributed by atoms with Crippen molar-refractivity contribution in [2.45, 2.75) is 51.0 Å². The second-order valence-corrected chi connectivity index (χ2v) is 11.3. The molecule has 3 aliphatic rings. The summed E-state index contributed by atoms with van der Waals surface area (Å²) in [6, 6.07) is 11.1. The number of primary amides is 1. The lowest BCUT2D eigenvalue weighted by atomic mass is 9.60. The highest BCUT2D eigenvalue weighted by Crippen LogP contribution is 2.54. The number of nitrogens with two attached hydrogens (primary N) is 1. The highest BCUT2D eigenvalue weighted by molar-refractivity contribution is 6.20. The highest BCUT2D eigenvalue weighted by atomic mass is 16.3. The van der Waals surface area contributed by atoms with Gasteiger partial charge in [-0.15, -0.1) is 4.91 Å². The molecule has 0 spiro atoms. The van der Waals surface area contributed by atoms with Crippen LogP contribution in [-0.2, 0) is 21.4 Å². The largest absolute Gasteiger partial charge is 0.508 e. The average molecular weight is 517 g/mol. The van der Waals surface area contributed by atoms with Gasteiger partial charge in [0.1, 0.15) is 22.8 Å². The van der Waals surface area contributed by atoms with Gasteiger partial charge in [0.05, 0.1) is 5.56 Å². The zero-order valence-corrected chi connectivity index (χ0v) is 21.2. The fraction of sp³-hybridized carbons (Fsp3) is 0.345. The van der Waals surface area contributed by atoms with E-state index >= 15 is 0 Å². The molecule has 2 aromatic carbocycles. The second kappa shape index (κ2) is 8.46. The Bertz CT molecular complexity index is 1490. The number of fused-ring (bicyclic) bond motifs is 3. The van der Waals surface area contributed by atoms with E-state index in [0.717, 1.165) is 16.7 Å². The number of aromatic hydroxyl groups is 1. The maximum atomic E-state index is 13.8. The number of aliphatic hydroxyl groups excluding tert-OH is 1. The Morgan fingerprint density at radius 3 is 2.29 bits per heavy atom. The van der Waals surface area contributed by atoms with Gasteiger partial charge in [-0.25, -0.2) is 0 Å². The highest BCUT2D eigenvalue weighted by Gasteiger charge is 2.59. The van der Waals surface area contributed by atoms with Crippen molar-refractivity contribution < 1.29 is 29.7 Å². The summed E-state index contributed by atoms with van der Waals surface area (Å²) in [5.41, 5.74) is 4.36. The predicted molar refractivity (Wildman–Crippen MR) is 138 cm³/mol. The third kappa shape index (κ3) is 3.53. The van der Waals surface area contributed by atoms with Gasteiger partial charge in [-0.3, -0.25) is 14.4 Å². The van der Waals surface area contributed by atoms with Gasteiger partial charge in [0, 0.05) is 17.9 Å². The number of carbonyl (C=O) groups excluding carboxylic acids is 3. The number of aliphatic hydroxyl groups is 2. The molecule has 1 amide bonds. The van der Waals surface area contributed by atoms with Crippen molar-refractivity contribution in [1.29, 1.82) is 0 Å². The van der Waals surface area contributed by atoms with Crippen LogP contribution in [0.4, 0.5) is 0 Å². The number of hydrogen-bond donors (Lipinski definition) is 4. The van der Waals surface area contributed by atoms with Crippen molar-refractivity contribution >= 4 is 17.5 Å². The van der Waals surface area contributed by atoms with Crippen molar-refractivity contribution in [3.63, 3.8) is 0 Å². The molecule has 2 aromatic rings. The fourth-order valence-electron chi connectivity index (χ4n) is 6.16. The SMILES string of the molecule is CC(C)(C)c1ccc(-c2ccc(O)c3c2C[C@H]2C[C@H]4CC(=O)C(C(N)=O)=C(O)[C@@]4(O)C(N=O)=C2C3=O)cc1. The number of rotatable bonds is 3. The maximum Gasteiger partial charge on any atom is 0.255 e. The van der Waals surface area contributed by atoms with Crippen molar-refractivity contribution in [2.24, 2.45) is 22.7 Å². The van der Waals surface area contributed by atoms with E-state index in [1.807, 2.05) is 24.3 Å². The molecular formula is C29H28N2O7. The van der Waals surface area contributed by atoms with Crippen LogP contribution >= 0.6 is 0 Å². The Morgan fingerprint density at radius 2 is 1.71 bits per heavy atom. The zero-order valence-electron chi connectivity index (χ0n) is 21.2. The lowest BCUT2D eigenvalue weighted by Crippen LogP contribution is -2.53. The molecule has 0 unspecified atom stereocenters. The summed E-state index contributed by atoms with van der Waals surface area (Å²) in [4.78, 5) is 50.4. The molecule has 9 nitrogen and oxygen atoms in total. The summed E-state index contributed by atoms with van der Waals surface area (Å²) in [5.74, 6) is -5.67. The Kier molecular flexibility index (Phi) is 5.68. The molecule has 196 valence electrons. The van der Waals surface area contributed by atoms with Crippen molar-refractivity contribution in [1.82, 2.24) is 0 Å². The first kappa shape index (κ1) is 25.5. The standard InChI is InChI=1S/C29H28N2O7/c1-28(2,3)15-6-4-13(5-7-15)17-8-9-19(32)22-18(17)11-14-10-16-12-20(33)23(27(30)36)26(35)29(16,37)25(31-38)21(14)24(22)34/h4-9,14,16,32,35,37H,10-12H2,1-3H3,(H2,30,36)/t14-,16+,29+/m1/s1. The van der Waals surface area contributed by atoms with Gasteiger partial charge < -0.3 is 21.1 Å². The van der Waals surface area contributed by atoms with Crippen LogP contribution in [0.5, 0.6) is 5.75 Å². The molecule has 0 heterocycles. The normalized spacial score (nSPS) is 25.1. The number of benzene rings is 2. The van der Waals surface area contributed by atoms with E-state index in [0.29, 0.717) is 5.56 Å². The number of allylic oxidation sites excluding steroid dienone is 1. The van der Waals surface area contributed by atoms with E-state index in [1.165, 1.54) is 6.07 Å². The number of carbonyl (C=O) groups is 3. The third-order valence-electron chi connectivity index (χ3n) is 8.11. The smallest absolute Gasteiger partial charge is 0.255 e. The number of nitrogens with zero attached hydrogens (tertiary/aromatic N) is 1. The van der Waals surface area contributed by atoms with Crippen LogP contribution in [0.3, 0.4) is 0 Å². The summed E-state index contributed by atoms with van der Waals surface area (Å²) in [6.45, 7) is 6.32. The molecule has 3 atom stereocenters. The molecule has 0 aromatic heterocycles. The van der Waals surface area contributed by atoms with Crippen molar-refractivity contribution in [2.75, 3.05) is 0 Å². The lowest BCUT2D eigenvalue weighted by molar-refractivity contribution is -0.126. The summed E-state index contributed by atoms with van der Waals surface area (Å²) in [5, 5.41) is 36.0. The van der Waals surface area contributed by atoms with Gasteiger partial charge in [0.2, 0.25) is 0 Å². The first-order valence-corrected chi connectivity index (χ1v) is 12.4. The van der Waals surface area contributed by atoms with E-state index in [4.69, 9.17) is 5.73 Å². The van der Waals surface area contributed by atoms with Crippen molar-refractivity contribution in [3.8, 4) is 16.9 Å². The molecule has 38 heavy (non-hydrogen) atoms. The Balaban J connectivity index is 1.70. The monoisotopic (exact) mass is 516 g/mol. The molecule has 0 saturated carbocycles. The van der Waals surface area contributed by atoms with Crippen molar-refractivity contribution in [3.05, 3.63) is 80.6 Å². The molecule has 5 N–H and O–H groups in total. The number of nitroso groups, excluding NO2 is 1. The van der Waals surface area contributed by atoms with Gasteiger partial charge in [-0.1, -0.05) is 51.1 Å². The molecule has 3 aliphatic carbocycles. The molecule has 0 aliphatic heterocycles. The van der Waals surface area contributed by atoms with E-state index in [9.17, 15) is 34.6 Å². The van der Waals surface area contributed by atoms with E-state index < -0.39 is 51.9 Å². The van der Waals surface area contributed by atoms with Crippen LogP contribution in [-0.4, -0.2) is 38.4 Å². The Labute approximate surface area is 218 Å². The van der Waals surface area contributed by atoms with Gasteiger partial charge in [-0.2, -0.15) is 0 Å². The van der Waals surface area contributed by atoms with Crippen LogP contribution in [0.1, 0.15) is 55.1 Å². The minimum Gasteiger partial charge on any atom is -0.508 e. The first-order valence-electron chi connectivity index (χ1n) is 12.4. The minimum absolute atomic E-state index is 0.0117. The lowest BCUT2D eigenvalue weighted by Gasteiger charge is -2.46. The average Bonchev–Trinajstić information content (AvgIpc) is 2.84. The molecule has 0 bridgehead atoms. The van der Waals surface area contributed by atoms with Crippen LogP contribution in [0, 0.1) is 16.7 Å². The van der Waals surface area contributed by atoms with Crippen LogP contribution < -0.4 is 5.73 Å². The number of phenols is 1. The second-order valence-electron chi connectivity index (χ2n) is 11.3.